The van der Waals surface area contributed by atoms with Crippen molar-refractivity contribution in [2.24, 2.45) is 5.92 Å². The molecule has 0 aliphatic carbocycles. The predicted molar refractivity (Wildman–Crippen MR) is 76.4 cm³/mol. The second-order valence-electron chi connectivity index (χ2n) is 4.76. The molecule has 0 radical (unpaired) electrons. The third-order valence-electron chi connectivity index (χ3n) is 3.32. The zero-order valence-corrected chi connectivity index (χ0v) is 12.1. The number of hydrogen-bond donors (Lipinski definition) is 1. The summed E-state index contributed by atoms with van der Waals surface area (Å²) in [5, 5.41) is 3.53. The Bertz CT molecular complexity index is 354. The normalized spacial score (nSPS) is 12.7. The molecule has 0 saturated heterocycles. The summed E-state index contributed by atoms with van der Waals surface area (Å²) in [4.78, 5) is 0. The van der Waals surface area contributed by atoms with Gasteiger partial charge in [0.25, 0.3) is 0 Å². The van der Waals surface area contributed by atoms with Crippen molar-refractivity contribution in [3.05, 3.63) is 34.6 Å². The van der Waals surface area contributed by atoms with Crippen LogP contribution in [0.15, 0.2) is 18.2 Å². The first-order valence-electron chi connectivity index (χ1n) is 6.82. The van der Waals surface area contributed by atoms with Gasteiger partial charge in [0, 0.05) is 12.1 Å². The molecule has 1 unspecified atom stereocenters. The second kappa shape index (κ2) is 8.49. The van der Waals surface area contributed by atoms with Gasteiger partial charge in [-0.25, -0.2) is 4.39 Å². The van der Waals surface area contributed by atoms with Gasteiger partial charge in [0.2, 0.25) is 0 Å². The summed E-state index contributed by atoms with van der Waals surface area (Å²) in [5.74, 6) is 0.389. The number of halogens is 2. The highest BCUT2D eigenvalue weighted by atomic mass is 35.5. The zero-order chi connectivity index (χ0) is 13.4. The van der Waals surface area contributed by atoms with Crippen LogP contribution in [0.4, 0.5) is 4.39 Å². The van der Waals surface area contributed by atoms with Gasteiger partial charge in [0.15, 0.2) is 0 Å². The Balaban J connectivity index is 2.38. The van der Waals surface area contributed by atoms with Crippen LogP contribution in [0.3, 0.4) is 0 Å². The van der Waals surface area contributed by atoms with Gasteiger partial charge in [0.05, 0.1) is 5.02 Å². The lowest BCUT2D eigenvalue weighted by atomic mass is 9.99. The summed E-state index contributed by atoms with van der Waals surface area (Å²) in [7, 11) is 0. The molecule has 0 aromatic heterocycles. The summed E-state index contributed by atoms with van der Waals surface area (Å²) in [5.41, 5.74) is 0.646. The second-order valence-corrected chi connectivity index (χ2v) is 5.17. The first-order valence-corrected chi connectivity index (χ1v) is 7.20. The summed E-state index contributed by atoms with van der Waals surface area (Å²) in [6.45, 7) is 5.92. The van der Waals surface area contributed by atoms with E-state index in [1.165, 1.54) is 25.7 Å². The molecule has 1 N–H and O–H groups in total. The Morgan fingerprint density at radius 1 is 1.33 bits per heavy atom. The third-order valence-corrected chi connectivity index (χ3v) is 3.62. The predicted octanol–water partition coefficient (Wildman–Crippen LogP) is 4.79. The fraction of sp³-hybridized carbons (Fsp3) is 0.600. The lowest BCUT2D eigenvalue weighted by molar-refractivity contribution is 0.417. The molecule has 0 aliphatic heterocycles. The minimum absolute atomic E-state index is 0.201. The van der Waals surface area contributed by atoms with Crippen LogP contribution in [0.2, 0.25) is 5.02 Å². The standard InChI is InChI=1S/C15H23ClFN/c1-3-5-7-12(4-2)10-18-11-13-8-6-9-14(16)15(13)17/h6,8-9,12,18H,3-5,7,10-11H2,1-2H3. The molecule has 1 aromatic carbocycles. The van der Waals surface area contributed by atoms with E-state index in [-0.39, 0.29) is 10.8 Å². The van der Waals surface area contributed by atoms with Gasteiger partial charge in [-0.1, -0.05) is 56.8 Å². The highest BCUT2D eigenvalue weighted by Gasteiger charge is 2.08. The van der Waals surface area contributed by atoms with Gasteiger partial charge in [-0.2, -0.15) is 0 Å². The van der Waals surface area contributed by atoms with E-state index in [2.05, 4.69) is 19.2 Å². The Hall–Kier alpha value is -0.600. The van der Waals surface area contributed by atoms with Crippen LogP contribution in [0, 0.1) is 11.7 Å². The smallest absolute Gasteiger partial charge is 0.146 e. The van der Waals surface area contributed by atoms with E-state index in [1.807, 2.05) is 0 Å². The van der Waals surface area contributed by atoms with Gasteiger partial charge in [-0.15, -0.1) is 0 Å². The van der Waals surface area contributed by atoms with E-state index in [9.17, 15) is 4.39 Å². The van der Waals surface area contributed by atoms with Gasteiger partial charge >= 0.3 is 0 Å². The van der Waals surface area contributed by atoms with E-state index >= 15 is 0 Å². The molecule has 0 aliphatic rings. The molecule has 0 fully saturated rings. The van der Waals surface area contributed by atoms with Crippen molar-refractivity contribution in [1.29, 1.82) is 0 Å². The van der Waals surface area contributed by atoms with Crippen molar-refractivity contribution in [2.75, 3.05) is 6.54 Å². The van der Waals surface area contributed by atoms with Gasteiger partial charge < -0.3 is 5.32 Å². The number of rotatable bonds is 8. The Kier molecular flexibility index (Phi) is 7.29. The zero-order valence-electron chi connectivity index (χ0n) is 11.3. The maximum atomic E-state index is 13.6. The minimum atomic E-state index is -0.298. The molecule has 102 valence electrons. The topological polar surface area (TPSA) is 12.0 Å². The van der Waals surface area contributed by atoms with Crippen molar-refractivity contribution >= 4 is 11.6 Å². The first kappa shape index (κ1) is 15.5. The summed E-state index contributed by atoms with van der Waals surface area (Å²) >= 11 is 5.75. The molecule has 0 heterocycles. The monoisotopic (exact) mass is 271 g/mol. The lowest BCUT2D eigenvalue weighted by Crippen LogP contribution is -2.22. The molecule has 0 spiro atoms. The molecule has 0 saturated carbocycles. The van der Waals surface area contributed by atoms with Crippen LogP contribution in [0.25, 0.3) is 0 Å². The van der Waals surface area contributed by atoms with E-state index in [0.717, 1.165) is 6.54 Å². The van der Waals surface area contributed by atoms with Crippen LogP contribution < -0.4 is 5.32 Å². The SMILES string of the molecule is CCCCC(CC)CNCc1cccc(Cl)c1F. The van der Waals surface area contributed by atoms with Crippen LogP contribution in [-0.4, -0.2) is 6.54 Å². The van der Waals surface area contributed by atoms with Crippen LogP contribution in [0.5, 0.6) is 0 Å². The fourth-order valence-electron chi connectivity index (χ4n) is 2.04. The summed E-state index contributed by atoms with van der Waals surface area (Å²) in [6.07, 6.45) is 4.92. The van der Waals surface area contributed by atoms with E-state index in [0.29, 0.717) is 18.0 Å². The average Bonchev–Trinajstić information content (AvgIpc) is 2.38. The van der Waals surface area contributed by atoms with Gasteiger partial charge in [-0.05, 0) is 24.9 Å². The molecule has 1 rings (SSSR count). The summed E-state index contributed by atoms with van der Waals surface area (Å²) in [6, 6.07) is 5.15. The number of nitrogens with one attached hydrogen (secondary N) is 1. The number of unbranched alkanes of at least 4 members (excludes halogenated alkanes) is 1. The quantitative estimate of drug-likeness (QED) is 0.717. The van der Waals surface area contributed by atoms with Crippen molar-refractivity contribution in [1.82, 2.24) is 5.32 Å². The Morgan fingerprint density at radius 2 is 2.11 bits per heavy atom. The Morgan fingerprint density at radius 3 is 2.78 bits per heavy atom. The van der Waals surface area contributed by atoms with Gasteiger partial charge in [0.1, 0.15) is 5.82 Å². The molecular formula is C15H23ClFN. The van der Waals surface area contributed by atoms with Crippen molar-refractivity contribution in [3.8, 4) is 0 Å². The van der Waals surface area contributed by atoms with Crippen LogP contribution in [-0.2, 0) is 6.54 Å². The van der Waals surface area contributed by atoms with E-state index < -0.39 is 0 Å². The molecule has 0 amide bonds. The summed E-state index contributed by atoms with van der Waals surface area (Å²) < 4.78 is 13.6. The van der Waals surface area contributed by atoms with Gasteiger partial charge in [-0.3, -0.25) is 0 Å². The first-order chi connectivity index (χ1) is 8.69. The van der Waals surface area contributed by atoms with E-state index in [4.69, 9.17) is 11.6 Å². The minimum Gasteiger partial charge on any atom is -0.312 e. The maximum Gasteiger partial charge on any atom is 0.146 e. The third kappa shape index (κ3) is 4.95. The molecule has 0 bridgehead atoms. The molecule has 1 atom stereocenters. The van der Waals surface area contributed by atoms with Crippen molar-refractivity contribution in [2.45, 2.75) is 46.1 Å². The van der Waals surface area contributed by atoms with Crippen LogP contribution >= 0.6 is 11.6 Å². The van der Waals surface area contributed by atoms with Crippen molar-refractivity contribution in [3.63, 3.8) is 0 Å². The number of hydrogen-bond acceptors (Lipinski definition) is 1. The fourth-order valence-corrected chi connectivity index (χ4v) is 2.23. The highest BCUT2D eigenvalue weighted by Crippen LogP contribution is 2.18. The molecular weight excluding hydrogens is 249 g/mol. The molecule has 18 heavy (non-hydrogen) atoms. The van der Waals surface area contributed by atoms with E-state index in [1.54, 1.807) is 18.2 Å². The van der Waals surface area contributed by atoms with Crippen molar-refractivity contribution < 1.29 is 4.39 Å². The maximum absolute atomic E-state index is 13.6. The average molecular weight is 272 g/mol. The number of benzene rings is 1. The molecule has 1 nitrogen and oxygen atoms in total. The Labute approximate surface area is 115 Å². The highest BCUT2D eigenvalue weighted by molar-refractivity contribution is 6.30. The molecule has 1 aromatic rings. The lowest BCUT2D eigenvalue weighted by Gasteiger charge is -2.15. The molecule has 3 heteroatoms. The van der Waals surface area contributed by atoms with Crippen LogP contribution in [0.1, 0.15) is 45.1 Å². The largest absolute Gasteiger partial charge is 0.312 e.